The topological polar surface area (TPSA) is 82.5 Å². The minimum atomic E-state index is -1.03. The van der Waals surface area contributed by atoms with Crippen molar-refractivity contribution < 1.29 is 14.7 Å². The van der Waals surface area contributed by atoms with Gasteiger partial charge in [-0.3, -0.25) is 4.98 Å². The number of carbonyl (C=O) groups excluding carboxylic acids is 1. The lowest BCUT2D eigenvalue weighted by Gasteiger charge is -2.21. The minimum Gasteiger partial charge on any atom is -0.480 e. The molecule has 0 aliphatic heterocycles. The molecule has 1 heterocycles. The van der Waals surface area contributed by atoms with E-state index in [2.05, 4.69) is 10.3 Å². The minimum absolute atomic E-state index is 0.395. The smallest absolute Gasteiger partial charge is 0.326 e. The first-order valence-electron chi connectivity index (χ1n) is 5.64. The fourth-order valence-corrected chi connectivity index (χ4v) is 1.33. The molecule has 0 spiro atoms. The molecule has 6 nitrogen and oxygen atoms in total. The number of rotatable bonds is 5. The zero-order chi connectivity index (χ0) is 13.5. The standard InChI is InChI=1S/C12H17N3O3/c1-9(11(16)17)15(2)12(18)14-7-5-10-4-3-6-13-8-10/h3-4,6,8-9H,5,7H2,1-2H3,(H,14,18)(H,16,17). The van der Waals surface area contributed by atoms with Crippen molar-refractivity contribution in [1.29, 1.82) is 0 Å². The molecular formula is C12H17N3O3. The van der Waals surface area contributed by atoms with E-state index in [-0.39, 0.29) is 0 Å². The number of amides is 2. The van der Waals surface area contributed by atoms with Crippen LogP contribution < -0.4 is 5.32 Å². The number of likely N-dealkylation sites (N-methyl/N-ethyl adjacent to an activating group) is 1. The summed E-state index contributed by atoms with van der Waals surface area (Å²) in [4.78, 5) is 27.5. The normalized spacial score (nSPS) is 11.7. The molecule has 2 N–H and O–H groups in total. The summed E-state index contributed by atoms with van der Waals surface area (Å²) in [5, 5.41) is 11.4. The number of urea groups is 1. The van der Waals surface area contributed by atoms with Crippen molar-refractivity contribution in [2.75, 3.05) is 13.6 Å². The van der Waals surface area contributed by atoms with E-state index >= 15 is 0 Å². The maximum atomic E-state index is 11.6. The van der Waals surface area contributed by atoms with Gasteiger partial charge in [0.15, 0.2) is 0 Å². The van der Waals surface area contributed by atoms with E-state index in [4.69, 9.17) is 5.11 Å². The van der Waals surface area contributed by atoms with E-state index in [0.29, 0.717) is 13.0 Å². The number of pyridine rings is 1. The van der Waals surface area contributed by atoms with Crippen LogP contribution in [-0.4, -0.2) is 46.6 Å². The first-order chi connectivity index (χ1) is 8.52. The number of aromatic nitrogens is 1. The van der Waals surface area contributed by atoms with Gasteiger partial charge in [0.2, 0.25) is 0 Å². The Morgan fingerprint density at radius 3 is 2.83 bits per heavy atom. The van der Waals surface area contributed by atoms with Crippen LogP contribution in [0.2, 0.25) is 0 Å². The molecule has 0 aliphatic carbocycles. The van der Waals surface area contributed by atoms with E-state index in [1.54, 1.807) is 12.4 Å². The zero-order valence-corrected chi connectivity index (χ0v) is 10.5. The number of carboxylic acid groups (broad SMARTS) is 1. The Hall–Kier alpha value is -2.11. The van der Waals surface area contributed by atoms with Crippen LogP contribution >= 0.6 is 0 Å². The Kier molecular flexibility index (Phi) is 5.10. The second-order valence-electron chi connectivity index (χ2n) is 3.97. The van der Waals surface area contributed by atoms with Crippen LogP contribution in [0.25, 0.3) is 0 Å². The molecule has 0 aromatic carbocycles. The van der Waals surface area contributed by atoms with Gasteiger partial charge in [-0.05, 0) is 25.0 Å². The lowest BCUT2D eigenvalue weighted by molar-refractivity contribution is -0.141. The Morgan fingerprint density at radius 1 is 1.56 bits per heavy atom. The van der Waals surface area contributed by atoms with Crippen molar-refractivity contribution >= 4 is 12.0 Å². The third kappa shape index (κ3) is 4.04. The number of hydrogen-bond acceptors (Lipinski definition) is 3. The van der Waals surface area contributed by atoms with Gasteiger partial charge in [0, 0.05) is 26.0 Å². The molecule has 0 saturated heterocycles. The predicted molar refractivity (Wildman–Crippen MR) is 66.2 cm³/mol. The maximum Gasteiger partial charge on any atom is 0.326 e. The summed E-state index contributed by atoms with van der Waals surface area (Å²) >= 11 is 0. The number of carbonyl (C=O) groups is 2. The highest BCUT2D eigenvalue weighted by atomic mass is 16.4. The van der Waals surface area contributed by atoms with Gasteiger partial charge in [-0.2, -0.15) is 0 Å². The number of nitrogens with zero attached hydrogens (tertiary/aromatic N) is 2. The Labute approximate surface area is 106 Å². The number of carboxylic acids is 1. The van der Waals surface area contributed by atoms with Crippen LogP contribution in [0.1, 0.15) is 12.5 Å². The molecule has 1 aromatic rings. The average molecular weight is 251 g/mol. The van der Waals surface area contributed by atoms with Crippen molar-refractivity contribution in [3.63, 3.8) is 0 Å². The molecule has 1 atom stereocenters. The van der Waals surface area contributed by atoms with Crippen LogP contribution in [0.5, 0.6) is 0 Å². The van der Waals surface area contributed by atoms with Crippen molar-refractivity contribution in [1.82, 2.24) is 15.2 Å². The second kappa shape index (κ2) is 6.58. The Morgan fingerprint density at radius 2 is 2.28 bits per heavy atom. The van der Waals surface area contributed by atoms with Gasteiger partial charge in [0.1, 0.15) is 6.04 Å². The Balaban J connectivity index is 2.35. The van der Waals surface area contributed by atoms with Gasteiger partial charge < -0.3 is 15.3 Å². The third-order valence-electron chi connectivity index (χ3n) is 2.67. The monoisotopic (exact) mass is 251 g/mol. The van der Waals surface area contributed by atoms with Crippen molar-refractivity contribution in [3.05, 3.63) is 30.1 Å². The predicted octanol–water partition coefficient (Wildman–Crippen LogP) is 0.739. The fraction of sp³-hybridized carbons (Fsp3) is 0.417. The molecule has 1 aromatic heterocycles. The zero-order valence-electron chi connectivity index (χ0n) is 10.5. The summed E-state index contributed by atoms with van der Waals surface area (Å²) in [6, 6.07) is 2.51. The van der Waals surface area contributed by atoms with E-state index in [9.17, 15) is 9.59 Å². The molecule has 0 bridgehead atoms. The number of aliphatic carboxylic acids is 1. The lowest BCUT2D eigenvalue weighted by atomic mass is 10.2. The summed E-state index contributed by atoms with van der Waals surface area (Å²) < 4.78 is 0. The molecule has 18 heavy (non-hydrogen) atoms. The van der Waals surface area contributed by atoms with Crippen molar-refractivity contribution in [2.45, 2.75) is 19.4 Å². The number of nitrogens with one attached hydrogen (secondary N) is 1. The molecule has 0 saturated carbocycles. The molecular weight excluding hydrogens is 234 g/mol. The van der Waals surface area contributed by atoms with E-state index in [0.717, 1.165) is 10.5 Å². The van der Waals surface area contributed by atoms with Crippen molar-refractivity contribution in [3.8, 4) is 0 Å². The highest BCUT2D eigenvalue weighted by Crippen LogP contribution is 1.98. The van der Waals surface area contributed by atoms with Crippen LogP contribution in [0.4, 0.5) is 4.79 Å². The van der Waals surface area contributed by atoms with Gasteiger partial charge in [0.05, 0.1) is 0 Å². The Bertz CT molecular complexity index is 408. The largest absolute Gasteiger partial charge is 0.480 e. The second-order valence-corrected chi connectivity index (χ2v) is 3.97. The van der Waals surface area contributed by atoms with Crippen LogP contribution in [0.3, 0.4) is 0 Å². The van der Waals surface area contributed by atoms with Crippen LogP contribution in [0, 0.1) is 0 Å². The van der Waals surface area contributed by atoms with Crippen molar-refractivity contribution in [2.24, 2.45) is 0 Å². The van der Waals surface area contributed by atoms with Crippen LogP contribution in [-0.2, 0) is 11.2 Å². The SMILES string of the molecule is CC(C(=O)O)N(C)C(=O)NCCc1cccnc1. The summed E-state index contributed by atoms with van der Waals surface area (Å²) in [5.74, 6) is -1.03. The summed E-state index contributed by atoms with van der Waals surface area (Å²) in [6.45, 7) is 1.91. The van der Waals surface area contributed by atoms with Gasteiger partial charge in [-0.25, -0.2) is 9.59 Å². The first-order valence-corrected chi connectivity index (χ1v) is 5.64. The molecule has 0 radical (unpaired) electrons. The molecule has 2 amide bonds. The molecule has 6 heteroatoms. The highest BCUT2D eigenvalue weighted by Gasteiger charge is 2.20. The van der Waals surface area contributed by atoms with E-state index in [1.807, 2.05) is 12.1 Å². The number of hydrogen-bond donors (Lipinski definition) is 2. The van der Waals surface area contributed by atoms with Gasteiger partial charge >= 0.3 is 12.0 Å². The maximum absolute atomic E-state index is 11.6. The third-order valence-corrected chi connectivity index (χ3v) is 2.67. The highest BCUT2D eigenvalue weighted by molar-refractivity contribution is 5.82. The first kappa shape index (κ1) is 14.0. The molecule has 1 unspecified atom stereocenters. The summed E-state index contributed by atoms with van der Waals surface area (Å²) in [5.41, 5.74) is 1.02. The van der Waals surface area contributed by atoms with Crippen LogP contribution in [0.15, 0.2) is 24.5 Å². The molecule has 0 aliphatic rings. The average Bonchev–Trinajstić information content (AvgIpc) is 2.38. The van der Waals surface area contributed by atoms with E-state index in [1.165, 1.54) is 14.0 Å². The van der Waals surface area contributed by atoms with Gasteiger partial charge in [0.25, 0.3) is 0 Å². The molecule has 1 rings (SSSR count). The lowest BCUT2D eigenvalue weighted by Crippen LogP contribution is -2.46. The summed E-state index contributed by atoms with van der Waals surface area (Å²) in [6.07, 6.45) is 4.08. The molecule has 0 fully saturated rings. The summed E-state index contributed by atoms with van der Waals surface area (Å²) in [7, 11) is 1.46. The quantitative estimate of drug-likeness (QED) is 0.808. The van der Waals surface area contributed by atoms with E-state index < -0.39 is 18.0 Å². The fourth-order valence-electron chi connectivity index (χ4n) is 1.33. The van der Waals surface area contributed by atoms with Gasteiger partial charge in [-0.15, -0.1) is 0 Å². The molecule has 98 valence electrons. The van der Waals surface area contributed by atoms with Gasteiger partial charge in [-0.1, -0.05) is 6.07 Å².